The summed E-state index contributed by atoms with van der Waals surface area (Å²) in [4.78, 5) is 12.1. The summed E-state index contributed by atoms with van der Waals surface area (Å²) in [5.74, 6) is -0.306. The first-order valence-corrected chi connectivity index (χ1v) is 6.82. The fraction of sp³-hybridized carbons (Fsp3) is 0.562. The topological polar surface area (TPSA) is 26.3 Å². The van der Waals surface area contributed by atoms with E-state index in [0.717, 1.165) is 18.4 Å². The summed E-state index contributed by atoms with van der Waals surface area (Å²) in [6.07, 6.45) is 1.84. The molecule has 0 saturated heterocycles. The van der Waals surface area contributed by atoms with Crippen molar-refractivity contribution in [2.75, 3.05) is 0 Å². The van der Waals surface area contributed by atoms with Gasteiger partial charge in [0.25, 0.3) is 0 Å². The van der Waals surface area contributed by atoms with Crippen molar-refractivity contribution in [2.24, 2.45) is 0 Å². The van der Waals surface area contributed by atoms with Gasteiger partial charge in [0.1, 0.15) is 0 Å². The summed E-state index contributed by atoms with van der Waals surface area (Å²) in [6.45, 7) is 9.96. The molecule has 1 aromatic carbocycles. The van der Waals surface area contributed by atoms with Crippen molar-refractivity contribution >= 4 is 5.97 Å². The van der Waals surface area contributed by atoms with Crippen LogP contribution in [0, 0.1) is 0 Å². The van der Waals surface area contributed by atoms with Crippen molar-refractivity contribution in [1.82, 2.24) is 0 Å². The van der Waals surface area contributed by atoms with E-state index in [1.54, 1.807) is 0 Å². The maximum absolute atomic E-state index is 12.1. The lowest BCUT2D eigenvalue weighted by Gasteiger charge is -2.20. The molecule has 0 saturated carbocycles. The van der Waals surface area contributed by atoms with Gasteiger partial charge in [0.15, 0.2) is 0 Å². The van der Waals surface area contributed by atoms with Gasteiger partial charge in [0.05, 0.1) is 12.0 Å². The molecule has 0 heterocycles. The van der Waals surface area contributed by atoms with Crippen LogP contribution in [0.3, 0.4) is 0 Å². The van der Waals surface area contributed by atoms with E-state index in [4.69, 9.17) is 4.74 Å². The van der Waals surface area contributed by atoms with E-state index in [0.29, 0.717) is 0 Å². The molecular formula is C16H24O2. The van der Waals surface area contributed by atoms with Crippen molar-refractivity contribution in [2.45, 2.75) is 59.5 Å². The Hall–Kier alpha value is -1.31. The molecule has 1 aromatic rings. The van der Waals surface area contributed by atoms with Crippen LogP contribution in [0.5, 0.6) is 0 Å². The van der Waals surface area contributed by atoms with Gasteiger partial charge in [-0.25, -0.2) is 0 Å². The van der Waals surface area contributed by atoms with Crippen LogP contribution in [0.1, 0.15) is 57.2 Å². The van der Waals surface area contributed by atoms with Crippen LogP contribution in [0.25, 0.3) is 0 Å². The minimum atomic E-state index is -0.182. The molecule has 0 aliphatic carbocycles. The monoisotopic (exact) mass is 248 g/mol. The molecule has 2 heteroatoms. The third-order valence-electron chi connectivity index (χ3n) is 3.19. The first-order valence-electron chi connectivity index (χ1n) is 6.82. The Labute approximate surface area is 110 Å². The van der Waals surface area contributed by atoms with Crippen LogP contribution >= 0.6 is 0 Å². The Morgan fingerprint density at radius 2 is 1.61 bits per heavy atom. The molecule has 0 amide bonds. The highest BCUT2D eigenvalue weighted by molar-refractivity contribution is 5.79. The molecule has 0 aromatic heterocycles. The quantitative estimate of drug-likeness (QED) is 0.739. The van der Waals surface area contributed by atoms with E-state index in [9.17, 15) is 4.79 Å². The zero-order valence-electron chi connectivity index (χ0n) is 12.1. The maximum Gasteiger partial charge on any atom is 0.313 e. The predicted octanol–water partition coefficient (Wildman–Crippen LogP) is 3.87. The number of rotatable bonds is 5. The first kappa shape index (κ1) is 14.7. The van der Waals surface area contributed by atoms with Gasteiger partial charge in [0.2, 0.25) is 0 Å². The lowest BCUT2D eigenvalue weighted by Crippen LogP contribution is -2.19. The van der Waals surface area contributed by atoms with Crippen molar-refractivity contribution in [1.29, 1.82) is 0 Å². The molecule has 0 bridgehead atoms. The van der Waals surface area contributed by atoms with E-state index < -0.39 is 0 Å². The van der Waals surface area contributed by atoms with E-state index in [1.165, 1.54) is 11.1 Å². The lowest BCUT2D eigenvalue weighted by atomic mass is 9.88. The number of hydrogen-bond donors (Lipinski definition) is 0. The van der Waals surface area contributed by atoms with Gasteiger partial charge in [-0.05, 0) is 50.3 Å². The smallest absolute Gasteiger partial charge is 0.313 e. The fourth-order valence-corrected chi connectivity index (χ4v) is 2.29. The van der Waals surface area contributed by atoms with Gasteiger partial charge in [-0.2, -0.15) is 0 Å². The summed E-state index contributed by atoms with van der Waals surface area (Å²) in [7, 11) is 0. The largest absolute Gasteiger partial charge is 0.463 e. The van der Waals surface area contributed by atoms with Crippen molar-refractivity contribution in [3.63, 3.8) is 0 Å². The van der Waals surface area contributed by atoms with Crippen LogP contribution in [-0.4, -0.2) is 12.1 Å². The van der Waals surface area contributed by atoms with Crippen molar-refractivity contribution < 1.29 is 9.53 Å². The number of benzene rings is 1. The zero-order chi connectivity index (χ0) is 13.7. The molecule has 0 radical (unpaired) electrons. The Morgan fingerprint density at radius 1 is 1.11 bits per heavy atom. The molecule has 0 aliphatic heterocycles. The predicted molar refractivity (Wildman–Crippen MR) is 74.8 cm³/mol. The second kappa shape index (κ2) is 6.58. The van der Waals surface area contributed by atoms with Gasteiger partial charge in [0, 0.05) is 0 Å². The van der Waals surface area contributed by atoms with Crippen molar-refractivity contribution in [3.05, 3.63) is 34.9 Å². The lowest BCUT2D eigenvalue weighted by molar-refractivity contribution is -0.148. The van der Waals surface area contributed by atoms with Crippen molar-refractivity contribution in [3.8, 4) is 0 Å². The normalized spacial score (nSPS) is 12.6. The molecule has 0 fully saturated rings. The van der Waals surface area contributed by atoms with E-state index in [1.807, 2.05) is 20.8 Å². The Morgan fingerprint density at radius 3 is 2.00 bits per heavy atom. The molecule has 0 spiro atoms. The average molecular weight is 248 g/mol. The molecule has 0 N–H and O–H groups in total. The number of carbonyl (C=O) groups is 1. The van der Waals surface area contributed by atoms with E-state index >= 15 is 0 Å². The van der Waals surface area contributed by atoms with Gasteiger partial charge in [-0.1, -0.05) is 32.0 Å². The molecule has 2 nitrogen and oxygen atoms in total. The second-order valence-corrected chi connectivity index (χ2v) is 4.90. The first-order chi connectivity index (χ1) is 8.51. The highest BCUT2D eigenvalue weighted by atomic mass is 16.5. The van der Waals surface area contributed by atoms with Crippen LogP contribution in [0.15, 0.2) is 18.2 Å². The fourth-order valence-electron chi connectivity index (χ4n) is 2.29. The number of ether oxygens (including phenoxy) is 1. The third kappa shape index (κ3) is 3.34. The highest BCUT2D eigenvalue weighted by Gasteiger charge is 2.22. The van der Waals surface area contributed by atoms with Gasteiger partial charge in [-0.3, -0.25) is 4.79 Å². The summed E-state index contributed by atoms with van der Waals surface area (Å²) < 4.78 is 5.33. The van der Waals surface area contributed by atoms with Gasteiger partial charge < -0.3 is 4.74 Å². The molecule has 100 valence electrons. The van der Waals surface area contributed by atoms with Gasteiger partial charge in [-0.15, -0.1) is 0 Å². The summed E-state index contributed by atoms with van der Waals surface area (Å²) in [6, 6.07) is 6.28. The molecule has 1 atom stereocenters. The SMILES string of the molecule is CCc1cccc(CC)c1C(C)C(=O)OC(C)C. The third-order valence-corrected chi connectivity index (χ3v) is 3.19. The van der Waals surface area contributed by atoms with Crippen LogP contribution < -0.4 is 0 Å². The molecule has 18 heavy (non-hydrogen) atoms. The summed E-state index contributed by atoms with van der Waals surface area (Å²) >= 11 is 0. The summed E-state index contributed by atoms with van der Waals surface area (Å²) in [5.41, 5.74) is 3.67. The van der Waals surface area contributed by atoms with E-state index in [2.05, 4.69) is 32.0 Å². The number of aryl methyl sites for hydroxylation is 2. The molecule has 1 rings (SSSR count). The minimum Gasteiger partial charge on any atom is -0.463 e. The minimum absolute atomic E-state index is 0.0567. The van der Waals surface area contributed by atoms with E-state index in [-0.39, 0.29) is 18.0 Å². The molecule has 1 unspecified atom stereocenters. The maximum atomic E-state index is 12.1. The van der Waals surface area contributed by atoms with Crippen LogP contribution in [0.4, 0.5) is 0 Å². The summed E-state index contributed by atoms with van der Waals surface area (Å²) in [5, 5.41) is 0. The van der Waals surface area contributed by atoms with Crippen LogP contribution in [0.2, 0.25) is 0 Å². The Kier molecular flexibility index (Phi) is 5.39. The van der Waals surface area contributed by atoms with Crippen LogP contribution in [-0.2, 0) is 22.4 Å². The second-order valence-electron chi connectivity index (χ2n) is 4.90. The zero-order valence-corrected chi connectivity index (χ0v) is 12.1. The Balaban J connectivity index is 3.10. The average Bonchev–Trinajstić information content (AvgIpc) is 2.35. The molecular weight excluding hydrogens is 224 g/mol. The van der Waals surface area contributed by atoms with Gasteiger partial charge >= 0.3 is 5.97 Å². The molecule has 0 aliphatic rings. The number of esters is 1. The number of carbonyl (C=O) groups excluding carboxylic acids is 1. The standard InChI is InChI=1S/C16H24O2/c1-6-13-9-8-10-14(7-2)15(13)12(5)16(17)18-11(3)4/h8-12H,6-7H2,1-5H3. The number of hydrogen-bond acceptors (Lipinski definition) is 2. The Bertz CT molecular complexity index is 385. The highest BCUT2D eigenvalue weighted by Crippen LogP contribution is 2.26.